The fourth-order valence-electron chi connectivity index (χ4n) is 1.97. The van der Waals surface area contributed by atoms with Gasteiger partial charge in [-0.15, -0.1) is 0 Å². The molecule has 2 rings (SSSR count). The van der Waals surface area contributed by atoms with E-state index in [4.69, 9.17) is 39.9 Å². The van der Waals surface area contributed by atoms with Gasteiger partial charge in [0.1, 0.15) is 5.69 Å². The lowest BCUT2D eigenvalue weighted by atomic mass is 10.1. The number of aromatic nitrogens is 1. The molecule has 0 saturated heterocycles. The molecule has 2 aromatic rings. The molecule has 9 heteroatoms. The summed E-state index contributed by atoms with van der Waals surface area (Å²) in [5.41, 5.74) is -1.78. The minimum atomic E-state index is -4.81. The minimum Gasteiger partial charge on any atom is -0.481 e. The first-order valence-corrected chi connectivity index (χ1v) is 7.17. The average Bonchev–Trinajstić information content (AvgIpc) is 2.37. The van der Waals surface area contributed by atoms with Gasteiger partial charge in [-0.3, -0.25) is 4.79 Å². The van der Waals surface area contributed by atoms with Crippen molar-refractivity contribution in [3.05, 3.63) is 50.6 Å². The van der Waals surface area contributed by atoms with Gasteiger partial charge >= 0.3 is 12.1 Å². The number of benzene rings is 1. The third-order valence-corrected chi connectivity index (χ3v) is 3.67. The highest BCUT2D eigenvalue weighted by atomic mass is 35.5. The molecule has 0 atom stereocenters. The summed E-state index contributed by atoms with van der Waals surface area (Å²) in [5.74, 6) is -1.40. The van der Waals surface area contributed by atoms with Crippen molar-refractivity contribution in [1.29, 1.82) is 0 Å². The van der Waals surface area contributed by atoms with Crippen molar-refractivity contribution in [2.75, 3.05) is 0 Å². The monoisotopic (exact) mass is 383 g/mol. The number of carboxylic acid groups (broad SMARTS) is 1. The maximum atomic E-state index is 13.1. The van der Waals surface area contributed by atoms with E-state index in [0.717, 1.165) is 6.07 Å². The molecule has 0 radical (unpaired) electrons. The first kappa shape index (κ1) is 17.8. The number of hydrogen-bond donors (Lipinski definition) is 1. The van der Waals surface area contributed by atoms with E-state index in [1.54, 1.807) is 0 Å². The second-order valence-corrected chi connectivity index (χ2v) is 5.77. The maximum absolute atomic E-state index is 13.1. The third kappa shape index (κ3) is 4.07. The highest BCUT2D eigenvalue weighted by Gasteiger charge is 2.36. The molecular formula is C14H7Cl3F3NO2. The molecule has 0 unspecified atom stereocenters. The summed E-state index contributed by atoms with van der Waals surface area (Å²) in [6, 6.07) is 4.92. The molecule has 0 aliphatic heterocycles. The second kappa shape index (κ2) is 6.55. The highest BCUT2D eigenvalue weighted by molar-refractivity contribution is 6.41. The van der Waals surface area contributed by atoms with Crippen LogP contribution in [-0.2, 0) is 17.4 Å². The Morgan fingerprint density at radius 2 is 1.70 bits per heavy atom. The van der Waals surface area contributed by atoms with Crippen molar-refractivity contribution in [2.24, 2.45) is 0 Å². The van der Waals surface area contributed by atoms with Crippen molar-refractivity contribution in [1.82, 2.24) is 4.98 Å². The molecule has 0 fully saturated rings. The Bertz CT molecular complexity index is 755. The van der Waals surface area contributed by atoms with E-state index >= 15 is 0 Å². The van der Waals surface area contributed by atoms with E-state index in [1.165, 1.54) is 18.2 Å². The molecule has 122 valence electrons. The molecule has 0 spiro atoms. The van der Waals surface area contributed by atoms with E-state index in [9.17, 15) is 18.0 Å². The van der Waals surface area contributed by atoms with E-state index in [0.29, 0.717) is 0 Å². The number of carboxylic acids is 1. The van der Waals surface area contributed by atoms with E-state index < -0.39 is 29.8 Å². The Labute approximate surface area is 143 Å². The van der Waals surface area contributed by atoms with Crippen LogP contribution in [0.25, 0.3) is 11.3 Å². The highest BCUT2D eigenvalue weighted by Crippen LogP contribution is 2.38. The van der Waals surface area contributed by atoms with E-state index in [-0.39, 0.29) is 26.3 Å². The summed E-state index contributed by atoms with van der Waals surface area (Å²) in [6.07, 6.45) is -5.61. The van der Waals surface area contributed by atoms with Crippen LogP contribution in [0.15, 0.2) is 24.3 Å². The fourth-order valence-corrected chi connectivity index (χ4v) is 2.98. The summed E-state index contributed by atoms with van der Waals surface area (Å²) >= 11 is 17.7. The summed E-state index contributed by atoms with van der Waals surface area (Å²) < 4.78 is 39.4. The molecule has 0 amide bonds. The van der Waals surface area contributed by atoms with Crippen molar-refractivity contribution in [3.8, 4) is 11.3 Å². The third-order valence-electron chi connectivity index (χ3n) is 2.85. The van der Waals surface area contributed by atoms with Gasteiger partial charge in [0.25, 0.3) is 0 Å². The van der Waals surface area contributed by atoms with Gasteiger partial charge in [-0.25, -0.2) is 4.98 Å². The van der Waals surface area contributed by atoms with Gasteiger partial charge in [-0.05, 0) is 23.8 Å². The van der Waals surface area contributed by atoms with Crippen molar-refractivity contribution >= 4 is 40.8 Å². The van der Waals surface area contributed by atoms with Gasteiger partial charge in [0.2, 0.25) is 0 Å². The SMILES string of the molecule is O=C(O)Cc1ccc(-c2c(Cl)cc(Cl)cc2Cl)nc1C(F)(F)F. The van der Waals surface area contributed by atoms with Crippen LogP contribution in [-0.4, -0.2) is 16.1 Å². The molecule has 0 saturated carbocycles. The van der Waals surface area contributed by atoms with Crippen molar-refractivity contribution < 1.29 is 23.1 Å². The van der Waals surface area contributed by atoms with Crippen LogP contribution in [0.3, 0.4) is 0 Å². The predicted octanol–water partition coefficient (Wildman–Crippen LogP) is 5.35. The number of alkyl halides is 3. The Hall–Kier alpha value is -1.50. The lowest BCUT2D eigenvalue weighted by molar-refractivity contribution is -0.142. The zero-order valence-electron chi connectivity index (χ0n) is 11.1. The van der Waals surface area contributed by atoms with E-state index in [2.05, 4.69) is 4.98 Å². The number of halogens is 6. The first-order valence-electron chi connectivity index (χ1n) is 6.03. The summed E-state index contributed by atoms with van der Waals surface area (Å²) in [5, 5.41) is 9.01. The van der Waals surface area contributed by atoms with Gasteiger partial charge in [-0.1, -0.05) is 40.9 Å². The summed E-state index contributed by atoms with van der Waals surface area (Å²) in [6.45, 7) is 0. The molecule has 0 aliphatic carbocycles. The van der Waals surface area contributed by atoms with Crippen LogP contribution in [0.5, 0.6) is 0 Å². The lowest BCUT2D eigenvalue weighted by Crippen LogP contribution is -2.15. The smallest absolute Gasteiger partial charge is 0.433 e. The Balaban J connectivity index is 2.65. The largest absolute Gasteiger partial charge is 0.481 e. The lowest BCUT2D eigenvalue weighted by Gasteiger charge is -2.14. The van der Waals surface area contributed by atoms with Crippen LogP contribution in [0.2, 0.25) is 15.1 Å². The molecule has 0 bridgehead atoms. The Kier molecular flexibility index (Phi) is 5.08. The average molecular weight is 385 g/mol. The van der Waals surface area contributed by atoms with Gasteiger partial charge < -0.3 is 5.11 Å². The number of hydrogen-bond acceptors (Lipinski definition) is 2. The number of rotatable bonds is 3. The van der Waals surface area contributed by atoms with E-state index in [1.807, 2.05) is 0 Å². The standard InChI is InChI=1S/C14H7Cl3F3NO2/c15-7-4-8(16)12(9(17)5-7)10-2-1-6(3-11(22)23)13(21-10)14(18,19)20/h1-2,4-5H,3H2,(H,22,23). The fraction of sp³-hybridized carbons (Fsp3) is 0.143. The molecule has 23 heavy (non-hydrogen) atoms. The van der Waals surface area contributed by atoms with Gasteiger partial charge in [0, 0.05) is 10.6 Å². The predicted molar refractivity (Wildman–Crippen MR) is 81.0 cm³/mol. The maximum Gasteiger partial charge on any atom is 0.433 e. The molecule has 3 nitrogen and oxygen atoms in total. The van der Waals surface area contributed by atoms with Gasteiger partial charge in [0.15, 0.2) is 0 Å². The second-order valence-electron chi connectivity index (χ2n) is 4.52. The number of aliphatic carboxylic acids is 1. The van der Waals surface area contributed by atoms with Crippen molar-refractivity contribution in [3.63, 3.8) is 0 Å². The molecule has 1 heterocycles. The molecular weight excluding hydrogens is 378 g/mol. The number of carbonyl (C=O) groups is 1. The minimum absolute atomic E-state index is 0.0362. The van der Waals surface area contributed by atoms with Crippen LogP contribution in [0.1, 0.15) is 11.3 Å². The molecule has 1 N–H and O–H groups in total. The topological polar surface area (TPSA) is 50.2 Å². The van der Waals surface area contributed by atoms with Gasteiger partial charge in [-0.2, -0.15) is 13.2 Å². The van der Waals surface area contributed by atoms with Crippen LogP contribution in [0.4, 0.5) is 13.2 Å². The van der Waals surface area contributed by atoms with Gasteiger partial charge in [0.05, 0.1) is 22.2 Å². The van der Waals surface area contributed by atoms with Crippen molar-refractivity contribution in [2.45, 2.75) is 12.6 Å². The molecule has 0 aliphatic rings. The zero-order chi connectivity index (χ0) is 17.4. The van der Waals surface area contributed by atoms with Crippen LogP contribution >= 0.6 is 34.8 Å². The summed E-state index contributed by atoms with van der Waals surface area (Å²) in [4.78, 5) is 14.2. The number of pyridine rings is 1. The summed E-state index contributed by atoms with van der Waals surface area (Å²) in [7, 11) is 0. The zero-order valence-corrected chi connectivity index (χ0v) is 13.4. The Morgan fingerprint density at radius 3 is 2.17 bits per heavy atom. The number of nitrogens with zero attached hydrogens (tertiary/aromatic N) is 1. The molecule has 1 aromatic heterocycles. The Morgan fingerprint density at radius 1 is 1.13 bits per heavy atom. The molecule has 1 aromatic carbocycles. The van der Waals surface area contributed by atoms with Crippen LogP contribution in [0, 0.1) is 0 Å². The normalized spacial score (nSPS) is 11.6. The quantitative estimate of drug-likeness (QED) is 0.775. The first-order chi connectivity index (χ1) is 10.6. The van der Waals surface area contributed by atoms with Crippen LogP contribution < -0.4 is 0 Å².